The molecule has 0 aromatic heterocycles. The van der Waals surface area contributed by atoms with E-state index in [4.69, 9.17) is 18.0 Å². The number of rotatable bonds is 5. The van der Waals surface area contributed by atoms with E-state index in [-0.39, 0.29) is 29.3 Å². The van der Waals surface area contributed by atoms with Crippen LogP contribution in [0.15, 0.2) is 18.2 Å². The summed E-state index contributed by atoms with van der Waals surface area (Å²) in [5.74, 6) is 1.74. The summed E-state index contributed by atoms with van der Waals surface area (Å²) in [6.07, 6.45) is 4.99. The lowest BCUT2D eigenvalue weighted by molar-refractivity contribution is -0.117. The maximum absolute atomic E-state index is 13.3. The molecule has 0 amide bonds. The molecule has 0 fully saturated rings. The van der Waals surface area contributed by atoms with E-state index >= 15 is 0 Å². The third-order valence-electron chi connectivity index (χ3n) is 1.98. The van der Waals surface area contributed by atoms with Gasteiger partial charge in [0, 0.05) is 17.0 Å². The van der Waals surface area contributed by atoms with Gasteiger partial charge in [-0.3, -0.25) is 10.1 Å². The summed E-state index contributed by atoms with van der Waals surface area (Å²) in [5.41, 5.74) is 0.233. The second-order valence-corrected chi connectivity index (χ2v) is 3.63. The first-order valence-electron chi connectivity index (χ1n) is 4.74. The molecule has 0 radical (unpaired) electrons. The van der Waals surface area contributed by atoms with Crippen molar-refractivity contribution in [3.8, 4) is 12.3 Å². The van der Waals surface area contributed by atoms with Crippen molar-refractivity contribution in [2.45, 2.75) is 6.42 Å². The number of hydrogen-bond acceptors (Lipinski definition) is 2. The molecule has 0 unspecified atom stereocenters. The number of Topliss-reactive ketones (excluding diaryl/α,β-unsaturated/α-hetero) is 1. The zero-order valence-corrected chi connectivity index (χ0v) is 9.35. The monoisotopic (exact) mass is 239 g/mol. The number of carbonyl (C=O) groups excluding carboxylic acids is 1. The first-order valence-corrected chi connectivity index (χ1v) is 5.11. The molecule has 0 atom stereocenters. The van der Waals surface area contributed by atoms with E-state index in [1.807, 2.05) is 0 Å². The molecule has 0 saturated heterocycles. The maximum atomic E-state index is 13.3. The quantitative estimate of drug-likeness (QED) is 0.627. The molecule has 1 aromatic carbocycles. The molecule has 0 aliphatic carbocycles. The number of carbonyl (C=O) groups is 1. The highest BCUT2D eigenvalue weighted by atomic mass is 35.5. The summed E-state index contributed by atoms with van der Waals surface area (Å²) in [6.45, 7) is 0.436. The zero-order chi connectivity index (χ0) is 12.0. The SMILES string of the molecule is C#CCNCC(=O)Cc1c(F)cccc1Cl. The summed E-state index contributed by atoms with van der Waals surface area (Å²) in [7, 11) is 0. The molecule has 84 valence electrons. The van der Waals surface area contributed by atoms with E-state index in [9.17, 15) is 9.18 Å². The van der Waals surface area contributed by atoms with Gasteiger partial charge in [0.25, 0.3) is 0 Å². The van der Waals surface area contributed by atoms with Crippen molar-refractivity contribution in [2.24, 2.45) is 0 Å². The fraction of sp³-hybridized carbons (Fsp3) is 0.250. The minimum atomic E-state index is -0.460. The summed E-state index contributed by atoms with van der Waals surface area (Å²) in [5, 5.41) is 3.01. The highest BCUT2D eigenvalue weighted by Crippen LogP contribution is 2.19. The molecule has 0 heterocycles. The van der Waals surface area contributed by atoms with E-state index in [1.165, 1.54) is 12.1 Å². The molecule has 0 spiro atoms. The standard InChI is InChI=1S/C12H11ClFNO/c1-2-6-15-8-9(16)7-10-11(13)4-3-5-12(10)14/h1,3-5,15H,6-8H2. The minimum absolute atomic E-state index is 0.0247. The van der Waals surface area contributed by atoms with Crippen LogP contribution in [0.25, 0.3) is 0 Å². The molecular formula is C12H11ClFNO. The number of nitrogens with one attached hydrogen (secondary N) is 1. The maximum Gasteiger partial charge on any atom is 0.151 e. The van der Waals surface area contributed by atoms with Crippen LogP contribution >= 0.6 is 11.6 Å². The second kappa shape index (κ2) is 6.26. The fourth-order valence-corrected chi connectivity index (χ4v) is 1.46. The Labute approximate surface area is 98.8 Å². The summed E-state index contributed by atoms with van der Waals surface area (Å²) < 4.78 is 13.3. The van der Waals surface area contributed by atoms with E-state index in [1.54, 1.807) is 6.07 Å². The molecule has 1 N–H and O–H groups in total. The lowest BCUT2D eigenvalue weighted by Crippen LogP contribution is -2.24. The predicted octanol–water partition coefficient (Wildman–Crippen LogP) is 1.81. The van der Waals surface area contributed by atoms with Gasteiger partial charge in [0.1, 0.15) is 5.82 Å². The Morgan fingerprint density at radius 1 is 1.56 bits per heavy atom. The van der Waals surface area contributed by atoms with Gasteiger partial charge in [0.2, 0.25) is 0 Å². The Bertz CT molecular complexity index is 405. The number of benzene rings is 1. The minimum Gasteiger partial charge on any atom is -0.299 e. The molecule has 1 rings (SSSR count). The third-order valence-corrected chi connectivity index (χ3v) is 2.34. The topological polar surface area (TPSA) is 29.1 Å². The Kier molecular flexibility index (Phi) is 4.97. The van der Waals surface area contributed by atoms with Gasteiger partial charge < -0.3 is 0 Å². The van der Waals surface area contributed by atoms with Crippen molar-refractivity contribution >= 4 is 17.4 Å². The predicted molar refractivity (Wildman–Crippen MR) is 61.8 cm³/mol. The van der Waals surface area contributed by atoms with Crippen LogP contribution < -0.4 is 5.32 Å². The Hall–Kier alpha value is -1.37. The molecule has 2 nitrogen and oxygen atoms in total. The van der Waals surface area contributed by atoms with Crippen LogP contribution in [-0.2, 0) is 11.2 Å². The van der Waals surface area contributed by atoms with Gasteiger partial charge in [-0.15, -0.1) is 6.42 Å². The number of ketones is 1. The average molecular weight is 240 g/mol. The van der Waals surface area contributed by atoms with Crippen molar-refractivity contribution in [3.63, 3.8) is 0 Å². The second-order valence-electron chi connectivity index (χ2n) is 3.22. The van der Waals surface area contributed by atoms with Crippen LogP contribution in [0.5, 0.6) is 0 Å². The van der Waals surface area contributed by atoms with Crippen LogP contribution in [0, 0.1) is 18.2 Å². The van der Waals surface area contributed by atoms with Gasteiger partial charge in [-0.25, -0.2) is 4.39 Å². The zero-order valence-electron chi connectivity index (χ0n) is 8.59. The Morgan fingerprint density at radius 2 is 2.31 bits per heavy atom. The highest BCUT2D eigenvalue weighted by molar-refractivity contribution is 6.31. The molecule has 0 aliphatic rings. The lowest BCUT2D eigenvalue weighted by atomic mass is 10.1. The highest BCUT2D eigenvalue weighted by Gasteiger charge is 2.11. The van der Waals surface area contributed by atoms with Gasteiger partial charge >= 0.3 is 0 Å². The average Bonchev–Trinajstić information content (AvgIpc) is 2.24. The molecular weight excluding hydrogens is 229 g/mol. The van der Waals surface area contributed by atoms with E-state index in [0.717, 1.165) is 0 Å². The molecule has 4 heteroatoms. The van der Waals surface area contributed by atoms with Gasteiger partial charge in [-0.2, -0.15) is 0 Å². The smallest absolute Gasteiger partial charge is 0.151 e. The molecule has 0 saturated carbocycles. The van der Waals surface area contributed by atoms with Gasteiger partial charge in [-0.1, -0.05) is 23.6 Å². The number of halogens is 2. The summed E-state index contributed by atoms with van der Waals surface area (Å²) >= 11 is 5.79. The van der Waals surface area contributed by atoms with E-state index in [2.05, 4.69) is 11.2 Å². The van der Waals surface area contributed by atoms with Crippen LogP contribution in [0.3, 0.4) is 0 Å². The molecule has 1 aromatic rings. The largest absolute Gasteiger partial charge is 0.299 e. The van der Waals surface area contributed by atoms with Crippen molar-refractivity contribution in [1.29, 1.82) is 0 Å². The number of terminal acetylenes is 1. The normalized spacial score (nSPS) is 9.81. The fourth-order valence-electron chi connectivity index (χ4n) is 1.23. The van der Waals surface area contributed by atoms with Gasteiger partial charge in [-0.05, 0) is 12.1 Å². The van der Waals surface area contributed by atoms with Crippen molar-refractivity contribution in [2.75, 3.05) is 13.1 Å². The van der Waals surface area contributed by atoms with Crippen molar-refractivity contribution in [3.05, 3.63) is 34.6 Å². The Morgan fingerprint density at radius 3 is 2.94 bits per heavy atom. The van der Waals surface area contributed by atoms with Crippen molar-refractivity contribution < 1.29 is 9.18 Å². The first kappa shape index (κ1) is 12.7. The van der Waals surface area contributed by atoms with E-state index in [0.29, 0.717) is 6.54 Å². The molecule has 0 bridgehead atoms. The van der Waals surface area contributed by atoms with Crippen LogP contribution in [0.1, 0.15) is 5.56 Å². The lowest BCUT2D eigenvalue weighted by Gasteiger charge is -2.05. The van der Waals surface area contributed by atoms with Gasteiger partial charge in [0.05, 0.1) is 13.1 Å². The van der Waals surface area contributed by atoms with Crippen LogP contribution in [0.2, 0.25) is 5.02 Å². The van der Waals surface area contributed by atoms with Crippen LogP contribution in [-0.4, -0.2) is 18.9 Å². The van der Waals surface area contributed by atoms with Crippen molar-refractivity contribution in [1.82, 2.24) is 5.32 Å². The van der Waals surface area contributed by atoms with Gasteiger partial charge in [0.15, 0.2) is 5.78 Å². The third kappa shape index (κ3) is 3.65. The summed E-state index contributed by atoms with van der Waals surface area (Å²) in [4.78, 5) is 11.4. The first-order chi connectivity index (χ1) is 7.65. The summed E-state index contributed by atoms with van der Waals surface area (Å²) in [6, 6.07) is 4.34. The number of hydrogen-bond donors (Lipinski definition) is 1. The van der Waals surface area contributed by atoms with Crippen LogP contribution in [0.4, 0.5) is 4.39 Å². The molecule has 16 heavy (non-hydrogen) atoms. The Balaban J connectivity index is 2.60. The molecule has 0 aliphatic heterocycles. The van der Waals surface area contributed by atoms with E-state index < -0.39 is 5.82 Å².